The summed E-state index contributed by atoms with van der Waals surface area (Å²) in [5, 5.41) is 12.8. The van der Waals surface area contributed by atoms with E-state index < -0.39 is 6.10 Å². The van der Waals surface area contributed by atoms with Crippen LogP contribution < -0.4 is 10.1 Å². The molecular formula is C18H26N2O3. The van der Waals surface area contributed by atoms with Crippen molar-refractivity contribution < 1.29 is 14.6 Å². The van der Waals surface area contributed by atoms with Gasteiger partial charge < -0.3 is 20.1 Å². The molecule has 3 unspecified atom stereocenters. The molecule has 0 aromatic heterocycles. The highest BCUT2D eigenvalue weighted by molar-refractivity contribution is 5.95. The summed E-state index contributed by atoms with van der Waals surface area (Å²) in [7, 11) is 3.82. The lowest BCUT2D eigenvalue weighted by atomic mass is 10.1. The Balaban J connectivity index is 1.45. The third kappa shape index (κ3) is 4.03. The fourth-order valence-electron chi connectivity index (χ4n) is 3.74. The Morgan fingerprint density at radius 1 is 1.30 bits per heavy atom. The standard InChI is InChI=1S/C18H26N2O3/c1-20(2)10-13(21)11-23-14-8-6-12(7-9-14)19-18(22)17-15-4-3-5-16(15)17/h6-9,13,15-17,21H,3-5,10-11H2,1-2H3,(H,19,22). The molecule has 0 radical (unpaired) electrons. The quantitative estimate of drug-likeness (QED) is 0.807. The van der Waals surface area contributed by atoms with E-state index in [2.05, 4.69) is 5.32 Å². The fraction of sp³-hybridized carbons (Fsp3) is 0.611. The van der Waals surface area contributed by atoms with Crippen molar-refractivity contribution in [2.24, 2.45) is 17.8 Å². The van der Waals surface area contributed by atoms with Gasteiger partial charge in [0.15, 0.2) is 0 Å². The van der Waals surface area contributed by atoms with Crippen LogP contribution in [0.2, 0.25) is 0 Å². The van der Waals surface area contributed by atoms with Crippen molar-refractivity contribution in [1.82, 2.24) is 4.90 Å². The number of nitrogens with zero attached hydrogens (tertiary/aromatic N) is 1. The summed E-state index contributed by atoms with van der Waals surface area (Å²) in [5.41, 5.74) is 0.807. The molecule has 0 aliphatic heterocycles. The summed E-state index contributed by atoms with van der Waals surface area (Å²) < 4.78 is 5.56. The molecule has 3 atom stereocenters. The molecule has 126 valence electrons. The maximum Gasteiger partial charge on any atom is 0.228 e. The van der Waals surface area contributed by atoms with Crippen LogP contribution in [0.4, 0.5) is 5.69 Å². The highest BCUT2D eigenvalue weighted by atomic mass is 16.5. The maximum atomic E-state index is 12.2. The van der Waals surface area contributed by atoms with Crippen LogP contribution in [0.3, 0.4) is 0 Å². The Morgan fingerprint density at radius 3 is 2.57 bits per heavy atom. The number of aliphatic hydroxyl groups excluding tert-OH is 1. The molecule has 1 aromatic rings. The third-order valence-corrected chi connectivity index (χ3v) is 4.85. The van der Waals surface area contributed by atoms with Crippen LogP contribution in [-0.4, -0.2) is 49.3 Å². The molecule has 2 aliphatic carbocycles. The van der Waals surface area contributed by atoms with Gasteiger partial charge >= 0.3 is 0 Å². The van der Waals surface area contributed by atoms with Gasteiger partial charge in [-0.15, -0.1) is 0 Å². The molecule has 1 amide bonds. The predicted octanol–water partition coefficient (Wildman–Crippen LogP) is 1.97. The zero-order valence-corrected chi connectivity index (χ0v) is 13.9. The first kappa shape index (κ1) is 16.3. The highest BCUT2D eigenvalue weighted by Crippen LogP contribution is 2.57. The lowest BCUT2D eigenvalue weighted by molar-refractivity contribution is -0.118. The first-order valence-electron chi connectivity index (χ1n) is 8.41. The molecule has 3 rings (SSSR count). The molecule has 0 heterocycles. The second-order valence-corrected chi connectivity index (χ2v) is 7.03. The average Bonchev–Trinajstić information content (AvgIpc) is 2.99. The number of rotatable bonds is 7. The Kier molecular flexibility index (Phi) is 4.87. The van der Waals surface area contributed by atoms with Gasteiger partial charge in [-0.1, -0.05) is 6.42 Å². The molecule has 5 heteroatoms. The zero-order chi connectivity index (χ0) is 16.4. The van der Waals surface area contributed by atoms with Crippen molar-refractivity contribution in [3.63, 3.8) is 0 Å². The van der Waals surface area contributed by atoms with Crippen LogP contribution in [0.15, 0.2) is 24.3 Å². The number of carbonyl (C=O) groups excluding carboxylic acids is 1. The number of hydrogen-bond acceptors (Lipinski definition) is 4. The number of nitrogens with one attached hydrogen (secondary N) is 1. The Labute approximate surface area is 137 Å². The normalized spacial score (nSPS) is 26.7. The SMILES string of the molecule is CN(C)CC(O)COc1ccc(NC(=O)C2C3CCCC32)cc1. The second kappa shape index (κ2) is 6.89. The van der Waals surface area contributed by atoms with Crippen LogP contribution in [0, 0.1) is 17.8 Å². The number of benzene rings is 1. The van der Waals surface area contributed by atoms with E-state index in [0.29, 0.717) is 24.1 Å². The van der Waals surface area contributed by atoms with Crippen molar-refractivity contribution in [2.75, 3.05) is 32.6 Å². The summed E-state index contributed by atoms with van der Waals surface area (Å²) in [5.74, 6) is 2.37. The summed E-state index contributed by atoms with van der Waals surface area (Å²) in [4.78, 5) is 14.1. The van der Waals surface area contributed by atoms with E-state index in [-0.39, 0.29) is 18.4 Å². The highest BCUT2D eigenvalue weighted by Gasteiger charge is 2.56. The molecule has 0 spiro atoms. The summed E-state index contributed by atoms with van der Waals surface area (Å²) in [6, 6.07) is 7.35. The van der Waals surface area contributed by atoms with Crippen molar-refractivity contribution in [3.05, 3.63) is 24.3 Å². The second-order valence-electron chi connectivity index (χ2n) is 7.03. The van der Waals surface area contributed by atoms with Gasteiger partial charge in [-0.2, -0.15) is 0 Å². The minimum atomic E-state index is -0.515. The molecule has 23 heavy (non-hydrogen) atoms. The van der Waals surface area contributed by atoms with E-state index in [1.54, 1.807) is 0 Å². The first-order valence-corrected chi connectivity index (χ1v) is 8.41. The lowest BCUT2D eigenvalue weighted by Crippen LogP contribution is -2.30. The fourth-order valence-corrected chi connectivity index (χ4v) is 3.74. The van der Waals surface area contributed by atoms with Crippen molar-refractivity contribution in [1.29, 1.82) is 0 Å². The number of fused-ring (bicyclic) bond motifs is 1. The van der Waals surface area contributed by atoms with E-state index in [0.717, 1.165) is 5.69 Å². The van der Waals surface area contributed by atoms with Crippen LogP contribution in [0.1, 0.15) is 19.3 Å². The van der Waals surface area contributed by atoms with Crippen LogP contribution in [0.25, 0.3) is 0 Å². The number of anilines is 1. The first-order chi connectivity index (χ1) is 11.0. The van der Waals surface area contributed by atoms with E-state index in [1.165, 1.54) is 19.3 Å². The number of aliphatic hydroxyl groups is 1. The van der Waals surface area contributed by atoms with Crippen LogP contribution in [-0.2, 0) is 4.79 Å². The van der Waals surface area contributed by atoms with Gasteiger partial charge in [0.05, 0.1) is 0 Å². The summed E-state index contributed by atoms with van der Waals surface area (Å²) in [6.07, 6.45) is 3.19. The largest absolute Gasteiger partial charge is 0.491 e. The zero-order valence-electron chi connectivity index (χ0n) is 13.9. The average molecular weight is 318 g/mol. The minimum Gasteiger partial charge on any atom is -0.491 e. The Bertz CT molecular complexity index is 534. The van der Waals surface area contributed by atoms with E-state index in [9.17, 15) is 9.90 Å². The van der Waals surface area contributed by atoms with Gasteiger partial charge in [0.25, 0.3) is 0 Å². The predicted molar refractivity (Wildman–Crippen MR) is 89.4 cm³/mol. The molecule has 0 bridgehead atoms. The maximum absolute atomic E-state index is 12.2. The van der Waals surface area contributed by atoms with Crippen molar-refractivity contribution in [2.45, 2.75) is 25.4 Å². The number of ether oxygens (including phenoxy) is 1. The Morgan fingerprint density at radius 2 is 1.96 bits per heavy atom. The smallest absolute Gasteiger partial charge is 0.228 e. The Hall–Kier alpha value is -1.59. The third-order valence-electron chi connectivity index (χ3n) is 4.85. The van der Waals surface area contributed by atoms with Crippen molar-refractivity contribution >= 4 is 11.6 Å². The van der Waals surface area contributed by atoms with Crippen LogP contribution in [0.5, 0.6) is 5.75 Å². The minimum absolute atomic E-state index is 0.162. The van der Waals surface area contributed by atoms with Gasteiger partial charge in [-0.25, -0.2) is 0 Å². The van der Waals surface area contributed by atoms with E-state index >= 15 is 0 Å². The lowest BCUT2D eigenvalue weighted by Gasteiger charge is -2.16. The van der Waals surface area contributed by atoms with Gasteiger partial charge in [-0.05, 0) is 63.0 Å². The number of amides is 1. The van der Waals surface area contributed by atoms with Gasteiger partial charge in [0.1, 0.15) is 18.5 Å². The van der Waals surface area contributed by atoms with Crippen LogP contribution >= 0.6 is 0 Å². The van der Waals surface area contributed by atoms with Crippen molar-refractivity contribution in [3.8, 4) is 5.75 Å². The monoisotopic (exact) mass is 318 g/mol. The van der Waals surface area contributed by atoms with E-state index in [4.69, 9.17) is 4.74 Å². The number of hydrogen-bond donors (Lipinski definition) is 2. The van der Waals surface area contributed by atoms with E-state index in [1.807, 2.05) is 43.3 Å². The molecular weight excluding hydrogens is 292 g/mol. The van der Waals surface area contributed by atoms with Gasteiger partial charge in [-0.3, -0.25) is 4.79 Å². The summed E-state index contributed by atoms with van der Waals surface area (Å²) >= 11 is 0. The molecule has 2 aliphatic rings. The molecule has 0 saturated heterocycles. The molecule has 2 saturated carbocycles. The number of likely N-dealkylation sites (N-methyl/N-ethyl adjacent to an activating group) is 1. The summed E-state index contributed by atoms with van der Waals surface area (Å²) in [6.45, 7) is 0.827. The topological polar surface area (TPSA) is 61.8 Å². The molecule has 1 aromatic carbocycles. The van der Waals surface area contributed by atoms with Gasteiger partial charge in [0.2, 0.25) is 5.91 Å². The molecule has 2 fully saturated rings. The van der Waals surface area contributed by atoms with Gasteiger partial charge in [0, 0.05) is 18.2 Å². The molecule has 5 nitrogen and oxygen atoms in total. The number of carbonyl (C=O) groups is 1. The molecule has 2 N–H and O–H groups in total.